The van der Waals surface area contributed by atoms with Crippen LogP contribution in [0.25, 0.3) is 10.4 Å². The Kier molecular flexibility index (Phi) is 6.58. The molecule has 5 heteroatoms. The quantitative estimate of drug-likeness (QED) is 0.471. The molecule has 1 saturated carbocycles. The Morgan fingerprint density at radius 2 is 1.87 bits per heavy atom. The van der Waals surface area contributed by atoms with Gasteiger partial charge in [0.1, 0.15) is 5.75 Å². The van der Waals surface area contributed by atoms with Gasteiger partial charge in [-0.2, -0.15) is 0 Å². The Morgan fingerprint density at radius 1 is 1.03 bits per heavy atom. The first-order valence-electron chi connectivity index (χ1n) is 10.6. The first-order valence-corrected chi connectivity index (χ1v) is 11.5. The van der Waals surface area contributed by atoms with Crippen LogP contribution in [0.4, 0.5) is 5.69 Å². The minimum atomic E-state index is 0.676. The molecular formula is C25H30N2O2S. The molecule has 0 unspecified atom stereocenters. The number of aryl methyl sites for hydroxylation is 1. The Balaban J connectivity index is 1.31. The monoisotopic (exact) mass is 422 g/mol. The van der Waals surface area contributed by atoms with Crippen molar-refractivity contribution in [2.45, 2.75) is 38.5 Å². The van der Waals surface area contributed by atoms with Gasteiger partial charge in [-0.3, -0.25) is 0 Å². The molecule has 4 nitrogen and oxygen atoms in total. The van der Waals surface area contributed by atoms with Gasteiger partial charge in [-0.25, -0.2) is 4.98 Å². The summed E-state index contributed by atoms with van der Waals surface area (Å²) in [6.07, 6.45) is 6.95. The fourth-order valence-electron chi connectivity index (χ4n) is 4.39. The predicted octanol–water partition coefficient (Wildman–Crippen LogP) is 6.52. The number of nitrogens with zero attached hydrogens (tertiary/aromatic N) is 1. The number of benzene rings is 2. The summed E-state index contributed by atoms with van der Waals surface area (Å²) >= 11 is 1.57. The Hall–Kier alpha value is -2.53. The zero-order chi connectivity index (χ0) is 20.9. The summed E-state index contributed by atoms with van der Waals surface area (Å²) in [4.78, 5) is 5.41. The SMILES string of the molecule is COc1ncc(-c2cccc(NCC3CCC(c4ccc(OC)c(C)c4)CC3)c2)s1. The molecule has 0 amide bonds. The molecule has 0 radical (unpaired) electrons. The summed E-state index contributed by atoms with van der Waals surface area (Å²) in [5, 5.41) is 4.36. The van der Waals surface area contributed by atoms with Crippen molar-refractivity contribution in [1.29, 1.82) is 0 Å². The second-order valence-electron chi connectivity index (χ2n) is 8.10. The molecule has 30 heavy (non-hydrogen) atoms. The molecule has 0 spiro atoms. The van der Waals surface area contributed by atoms with Crippen LogP contribution in [0.1, 0.15) is 42.7 Å². The summed E-state index contributed by atoms with van der Waals surface area (Å²) in [6, 6.07) is 15.3. The standard InChI is InChI=1S/C25H30N2O2S/c1-17-13-20(11-12-23(17)28-2)19-9-7-18(8-10-19)15-26-22-6-4-5-21(14-22)24-16-27-25(29-3)30-24/h4-6,11-14,16,18-19,26H,7-10,15H2,1-3H3. The van der Waals surface area contributed by atoms with Gasteiger partial charge in [0.2, 0.25) is 0 Å². The van der Waals surface area contributed by atoms with Crippen LogP contribution in [0.2, 0.25) is 0 Å². The van der Waals surface area contributed by atoms with Crippen molar-refractivity contribution in [2.24, 2.45) is 5.92 Å². The first-order chi connectivity index (χ1) is 14.7. The predicted molar refractivity (Wildman–Crippen MR) is 125 cm³/mol. The van der Waals surface area contributed by atoms with Crippen LogP contribution >= 0.6 is 11.3 Å². The number of nitrogens with one attached hydrogen (secondary N) is 1. The van der Waals surface area contributed by atoms with Gasteiger partial charge in [0.25, 0.3) is 5.19 Å². The second kappa shape index (κ2) is 9.52. The molecule has 4 rings (SSSR count). The van der Waals surface area contributed by atoms with Gasteiger partial charge in [-0.1, -0.05) is 35.6 Å². The van der Waals surface area contributed by atoms with E-state index >= 15 is 0 Å². The fraction of sp³-hybridized carbons (Fsp3) is 0.400. The van der Waals surface area contributed by atoms with E-state index in [0.29, 0.717) is 11.1 Å². The summed E-state index contributed by atoms with van der Waals surface area (Å²) < 4.78 is 10.6. The van der Waals surface area contributed by atoms with E-state index in [4.69, 9.17) is 9.47 Å². The second-order valence-corrected chi connectivity index (χ2v) is 9.10. The third-order valence-electron chi connectivity index (χ3n) is 6.14. The highest BCUT2D eigenvalue weighted by Crippen LogP contribution is 2.37. The van der Waals surface area contributed by atoms with Crippen molar-refractivity contribution in [3.63, 3.8) is 0 Å². The highest BCUT2D eigenvalue weighted by atomic mass is 32.1. The number of aromatic nitrogens is 1. The van der Waals surface area contributed by atoms with Crippen LogP contribution in [0.5, 0.6) is 10.9 Å². The molecule has 0 aliphatic heterocycles. The topological polar surface area (TPSA) is 43.4 Å². The van der Waals surface area contributed by atoms with Gasteiger partial charge >= 0.3 is 0 Å². The van der Waals surface area contributed by atoms with E-state index in [1.54, 1.807) is 25.6 Å². The van der Waals surface area contributed by atoms with E-state index < -0.39 is 0 Å². The van der Waals surface area contributed by atoms with Crippen LogP contribution in [-0.2, 0) is 0 Å². The van der Waals surface area contributed by atoms with Gasteiger partial charge in [0.05, 0.1) is 19.1 Å². The maximum absolute atomic E-state index is 5.40. The van der Waals surface area contributed by atoms with Crippen molar-refractivity contribution in [2.75, 3.05) is 26.1 Å². The van der Waals surface area contributed by atoms with E-state index in [9.17, 15) is 0 Å². The highest BCUT2D eigenvalue weighted by Gasteiger charge is 2.22. The molecule has 1 fully saturated rings. The number of anilines is 1. The average molecular weight is 423 g/mol. The van der Waals surface area contributed by atoms with Gasteiger partial charge in [0.15, 0.2) is 0 Å². The zero-order valence-corrected chi connectivity index (χ0v) is 18.8. The number of thiazole rings is 1. The third-order valence-corrected chi connectivity index (χ3v) is 7.15. The molecule has 1 aromatic heterocycles. The molecule has 1 heterocycles. The average Bonchev–Trinajstić information content (AvgIpc) is 3.28. The summed E-state index contributed by atoms with van der Waals surface area (Å²) in [5.74, 6) is 2.39. The van der Waals surface area contributed by atoms with Crippen LogP contribution in [0.15, 0.2) is 48.7 Å². The third kappa shape index (κ3) is 4.78. The van der Waals surface area contributed by atoms with E-state index in [1.165, 1.54) is 48.1 Å². The lowest BCUT2D eigenvalue weighted by Crippen LogP contribution is -2.20. The summed E-state index contributed by atoms with van der Waals surface area (Å²) in [6.45, 7) is 3.16. The number of rotatable bonds is 7. The number of ether oxygens (including phenoxy) is 2. The normalized spacial score (nSPS) is 18.8. The van der Waals surface area contributed by atoms with Crippen molar-refractivity contribution < 1.29 is 9.47 Å². The lowest BCUT2D eigenvalue weighted by atomic mass is 9.78. The molecule has 0 saturated heterocycles. The molecular weight excluding hydrogens is 392 g/mol. The minimum absolute atomic E-state index is 0.676. The van der Waals surface area contributed by atoms with E-state index in [-0.39, 0.29) is 0 Å². The largest absolute Gasteiger partial charge is 0.496 e. The molecule has 2 aromatic carbocycles. The molecule has 0 atom stereocenters. The van der Waals surface area contributed by atoms with E-state index in [2.05, 4.69) is 59.7 Å². The van der Waals surface area contributed by atoms with Gasteiger partial charge < -0.3 is 14.8 Å². The minimum Gasteiger partial charge on any atom is -0.496 e. The number of methoxy groups -OCH3 is 2. The Bertz CT molecular complexity index is 977. The lowest BCUT2D eigenvalue weighted by molar-refractivity contribution is 0.338. The molecule has 158 valence electrons. The van der Waals surface area contributed by atoms with Crippen LogP contribution < -0.4 is 14.8 Å². The summed E-state index contributed by atoms with van der Waals surface area (Å²) in [5.41, 5.74) is 5.05. The molecule has 0 bridgehead atoms. The van der Waals surface area contributed by atoms with Gasteiger partial charge in [0, 0.05) is 18.4 Å². The zero-order valence-electron chi connectivity index (χ0n) is 18.0. The first kappa shape index (κ1) is 20.7. The van der Waals surface area contributed by atoms with Gasteiger partial charge in [-0.15, -0.1) is 0 Å². The van der Waals surface area contributed by atoms with Gasteiger partial charge in [-0.05, 0) is 79.3 Å². The Labute approximate surface area is 183 Å². The van der Waals surface area contributed by atoms with Crippen molar-refractivity contribution in [3.8, 4) is 21.4 Å². The van der Waals surface area contributed by atoms with E-state index in [0.717, 1.165) is 23.1 Å². The smallest absolute Gasteiger partial charge is 0.273 e. The highest BCUT2D eigenvalue weighted by molar-refractivity contribution is 7.16. The van der Waals surface area contributed by atoms with Crippen molar-refractivity contribution in [3.05, 3.63) is 59.8 Å². The summed E-state index contributed by atoms with van der Waals surface area (Å²) in [7, 11) is 3.40. The molecule has 1 aliphatic rings. The fourth-order valence-corrected chi connectivity index (χ4v) is 5.11. The van der Waals surface area contributed by atoms with Crippen LogP contribution in [0, 0.1) is 12.8 Å². The maximum atomic E-state index is 5.40. The Morgan fingerprint density at radius 3 is 2.57 bits per heavy atom. The molecule has 1 N–H and O–H groups in total. The van der Waals surface area contributed by atoms with Crippen molar-refractivity contribution >= 4 is 17.0 Å². The number of hydrogen-bond acceptors (Lipinski definition) is 5. The molecule has 1 aliphatic carbocycles. The van der Waals surface area contributed by atoms with E-state index in [1.807, 2.05) is 6.20 Å². The van der Waals surface area contributed by atoms with Crippen LogP contribution in [0.3, 0.4) is 0 Å². The molecule has 3 aromatic rings. The lowest BCUT2D eigenvalue weighted by Gasteiger charge is -2.29. The maximum Gasteiger partial charge on any atom is 0.273 e. The van der Waals surface area contributed by atoms with Crippen molar-refractivity contribution in [1.82, 2.24) is 4.98 Å². The van der Waals surface area contributed by atoms with Crippen LogP contribution in [-0.4, -0.2) is 25.7 Å². The number of hydrogen-bond donors (Lipinski definition) is 1.